The molecule has 100 valence electrons. The molecule has 0 atom stereocenters. The van der Waals surface area contributed by atoms with Crippen LogP contribution in [0.4, 0.5) is 0 Å². The molecule has 0 spiro atoms. The molecule has 0 saturated carbocycles. The molecule has 3 rings (SSSR count). The van der Waals surface area contributed by atoms with Gasteiger partial charge in [0.1, 0.15) is 5.82 Å². The van der Waals surface area contributed by atoms with Crippen molar-refractivity contribution in [1.29, 1.82) is 0 Å². The van der Waals surface area contributed by atoms with Crippen LogP contribution >= 0.6 is 0 Å². The Balaban J connectivity index is 1.73. The molecule has 0 fully saturated rings. The van der Waals surface area contributed by atoms with E-state index in [1.54, 1.807) is 30.6 Å². The van der Waals surface area contributed by atoms with Crippen molar-refractivity contribution in [2.24, 2.45) is 0 Å². The Morgan fingerprint density at radius 2 is 2.30 bits per heavy atom. The Bertz CT molecular complexity index is 690. The van der Waals surface area contributed by atoms with E-state index in [4.69, 9.17) is 0 Å². The van der Waals surface area contributed by atoms with Crippen LogP contribution in [0.25, 0.3) is 11.4 Å². The van der Waals surface area contributed by atoms with Crippen molar-refractivity contribution in [3.63, 3.8) is 0 Å². The zero-order chi connectivity index (χ0) is 13.8. The molecule has 3 aromatic rings. The maximum atomic E-state index is 12.0. The van der Waals surface area contributed by atoms with Gasteiger partial charge < -0.3 is 10.3 Å². The van der Waals surface area contributed by atoms with Gasteiger partial charge >= 0.3 is 0 Å². The fourth-order valence-corrected chi connectivity index (χ4v) is 1.74. The number of carbonyl (C=O) groups is 1. The summed E-state index contributed by atoms with van der Waals surface area (Å²) in [7, 11) is 0. The van der Waals surface area contributed by atoms with Gasteiger partial charge in [-0.2, -0.15) is 5.21 Å². The molecule has 0 bridgehead atoms. The van der Waals surface area contributed by atoms with Gasteiger partial charge in [0.25, 0.3) is 5.91 Å². The minimum atomic E-state index is -0.188. The highest BCUT2D eigenvalue weighted by Gasteiger charge is 2.09. The van der Waals surface area contributed by atoms with Crippen molar-refractivity contribution in [1.82, 2.24) is 35.9 Å². The maximum absolute atomic E-state index is 12.0. The third-order valence-electron chi connectivity index (χ3n) is 2.70. The molecule has 0 unspecified atom stereocenters. The van der Waals surface area contributed by atoms with Crippen LogP contribution in [0.3, 0.4) is 0 Å². The van der Waals surface area contributed by atoms with E-state index in [-0.39, 0.29) is 5.91 Å². The number of hydrogen-bond acceptors (Lipinski definition) is 5. The first-order valence-electron chi connectivity index (χ1n) is 5.93. The van der Waals surface area contributed by atoms with Crippen molar-refractivity contribution < 1.29 is 4.79 Å². The number of hydrogen-bond donors (Lipinski definition) is 3. The van der Waals surface area contributed by atoms with E-state index in [0.29, 0.717) is 23.8 Å². The lowest BCUT2D eigenvalue weighted by molar-refractivity contribution is 0.0950. The molecule has 2 heterocycles. The largest absolute Gasteiger partial charge is 0.347 e. The second-order valence-corrected chi connectivity index (χ2v) is 4.03. The predicted octanol–water partition coefficient (Wildman–Crippen LogP) is 0.520. The molecule has 0 aliphatic rings. The van der Waals surface area contributed by atoms with Crippen molar-refractivity contribution in [2.45, 2.75) is 6.54 Å². The monoisotopic (exact) mass is 269 g/mol. The Labute approximate surface area is 113 Å². The summed E-state index contributed by atoms with van der Waals surface area (Å²) in [5, 5.41) is 16.4. The summed E-state index contributed by atoms with van der Waals surface area (Å²) in [6.45, 7) is 0.346. The van der Waals surface area contributed by atoms with Gasteiger partial charge in [0.15, 0.2) is 0 Å². The minimum absolute atomic E-state index is 0.188. The lowest BCUT2D eigenvalue weighted by atomic mass is 10.1. The first kappa shape index (κ1) is 12.0. The summed E-state index contributed by atoms with van der Waals surface area (Å²) in [5.74, 6) is 0.963. The zero-order valence-electron chi connectivity index (χ0n) is 10.4. The number of nitrogens with one attached hydrogen (secondary N) is 3. The Morgan fingerprint density at radius 1 is 1.35 bits per heavy atom. The molecule has 1 aromatic carbocycles. The van der Waals surface area contributed by atoms with Crippen LogP contribution in [0.15, 0.2) is 36.7 Å². The predicted molar refractivity (Wildman–Crippen MR) is 69.4 cm³/mol. The summed E-state index contributed by atoms with van der Waals surface area (Å²) in [5.41, 5.74) is 1.25. The van der Waals surface area contributed by atoms with Gasteiger partial charge in [0.2, 0.25) is 5.82 Å². The number of nitrogens with zero attached hydrogens (tertiary/aromatic N) is 4. The Hall–Kier alpha value is -3.03. The molecule has 20 heavy (non-hydrogen) atoms. The van der Waals surface area contributed by atoms with Crippen molar-refractivity contribution in [3.8, 4) is 11.4 Å². The summed E-state index contributed by atoms with van der Waals surface area (Å²) >= 11 is 0. The number of rotatable bonds is 4. The lowest BCUT2D eigenvalue weighted by Gasteiger charge is -2.04. The van der Waals surface area contributed by atoms with Crippen molar-refractivity contribution >= 4 is 5.91 Å². The quantitative estimate of drug-likeness (QED) is 0.639. The van der Waals surface area contributed by atoms with Crippen LogP contribution in [0.1, 0.15) is 16.2 Å². The van der Waals surface area contributed by atoms with Crippen LogP contribution in [-0.4, -0.2) is 36.5 Å². The molecular formula is C12H11N7O. The SMILES string of the molecule is O=C(NCc1ncc[nH]1)c1cccc(-c2nn[nH]n2)c1. The van der Waals surface area contributed by atoms with Crippen molar-refractivity contribution in [3.05, 3.63) is 48.0 Å². The first-order chi connectivity index (χ1) is 9.83. The maximum Gasteiger partial charge on any atom is 0.251 e. The number of aromatic amines is 2. The van der Waals surface area contributed by atoms with Crippen LogP contribution in [0.2, 0.25) is 0 Å². The number of H-pyrrole nitrogens is 2. The average Bonchev–Trinajstić information content (AvgIpc) is 3.18. The third-order valence-corrected chi connectivity index (χ3v) is 2.70. The molecule has 0 radical (unpaired) electrons. The number of aromatic nitrogens is 6. The number of benzene rings is 1. The summed E-state index contributed by atoms with van der Waals surface area (Å²) < 4.78 is 0. The van der Waals surface area contributed by atoms with Crippen molar-refractivity contribution in [2.75, 3.05) is 0 Å². The van der Waals surface area contributed by atoms with Gasteiger partial charge in [0.05, 0.1) is 6.54 Å². The highest BCUT2D eigenvalue weighted by atomic mass is 16.1. The van der Waals surface area contributed by atoms with Gasteiger partial charge in [-0.1, -0.05) is 12.1 Å². The van der Waals surface area contributed by atoms with Gasteiger partial charge in [-0.15, -0.1) is 10.2 Å². The third kappa shape index (κ3) is 2.53. The van der Waals surface area contributed by atoms with Gasteiger partial charge in [-0.3, -0.25) is 4.79 Å². The minimum Gasteiger partial charge on any atom is -0.347 e. The fourth-order valence-electron chi connectivity index (χ4n) is 1.74. The molecule has 8 nitrogen and oxygen atoms in total. The molecule has 8 heteroatoms. The van der Waals surface area contributed by atoms with Crippen LogP contribution in [-0.2, 0) is 6.54 Å². The summed E-state index contributed by atoms with van der Waals surface area (Å²) in [6.07, 6.45) is 3.34. The fraction of sp³-hybridized carbons (Fsp3) is 0.0833. The van der Waals surface area contributed by atoms with Crippen LogP contribution in [0.5, 0.6) is 0 Å². The molecule has 0 aliphatic heterocycles. The molecular weight excluding hydrogens is 258 g/mol. The topological polar surface area (TPSA) is 112 Å². The van der Waals surface area contributed by atoms with Gasteiger partial charge in [0, 0.05) is 23.5 Å². The highest BCUT2D eigenvalue weighted by Crippen LogP contribution is 2.14. The number of tetrazole rings is 1. The summed E-state index contributed by atoms with van der Waals surface area (Å²) in [4.78, 5) is 19.0. The molecule has 0 aliphatic carbocycles. The second-order valence-electron chi connectivity index (χ2n) is 4.03. The van der Waals surface area contributed by atoms with E-state index < -0.39 is 0 Å². The molecule has 2 aromatic heterocycles. The van der Waals surface area contributed by atoms with E-state index in [1.807, 2.05) is 6.07 Å². The number of amides is 1. The van der Waals surface area contributed by atoms with E-state index in [0.717, 1.165) is 5.56 Å². The Morgan fingerprint density at radius 3 is 3.05 bits per heavy atom. The number of carbonyl (C=O) groups excluding carboxylic acids is 1. The first-order valence-corrected chi connectivity index (χ1v) is 5.93. The summed E-state index contributed by atoms with van der Waals surface area (Å²) in [6, 6.07) is 7.02. The molecule has 0 saturated heterocycles. The molecule has 1 amide bonds. The average molecular weight is 269 g/mol. The lowest BCUT2D eigenvalue weighted by Crippen LogP contribution is -2.23. The standard InChI is InChI=1S/C12H11N7O/c20-12(15-7-10-13-4-5-14-10)9-3-1-2-8(6-9)11-16-18-19-17-11/h1-6H,7H2,(H,13,14)(H,15,20)(H,16,17,18,19). The second kappa shape index (κ2) is 5.31. The smallest absolute Gasteiger partial charge is 0.251 e. The van der Waals surface area contributed by atoms with Gasteiger partial charge in [-0.05, 0) is 17.3 Å². The zero-order valence-corrected chi connectivity index (χ0v) is 10.4. The Kier molecular flexibility index (Phi) is 3.19. The van der Waals surface area contributed by atoms with E-state index >= 15 is 0 Å². The van der Waals surface area contributed by atoms with Crippen LogP contribution < -0.4 is 5.32 Å². The van der Waals surface area contributed by atoms with Crippen LogP contribution in [0, 0.1) is 0 Å². The van der Waals surface area contributed by atoms with Gasteiger partial charge in [-0.25, -0.2) is 4.98 Å². The normalized spacial score (nSPS) is 10.4. The van der Waals surface area contributed by atoms with E-state index in [9.17, 15) is 4.79 Å². The van der Waals surface area contributed by atoms with E-state index in [1.165, 1.54) is 0 Å². The van der Waals surface area contributed by atoms with E-state index in [2.05, 4.69) is 35.9 Å². The highest BCUT2D eigenvalue weighted by molar-refractivity contribution is 5.95. The number of imidazole rings is 1. The molecule has 3 N–H and O–H groups in total.